The highest BCUT2D eigenvalue weighted by Crippen LogP contribution is 2.33. The maximum atomic E-state index is 12.6. The highest BCUT2D eigenvalue weighted by molar-refractivity contribution is 5.76. The van der Waals surface area contributed by atoms with E-state index in [0.717, 1.165) is 42.5 Å². The van der Waals surface area contributed by atoms with E-state index in [1.165, 1.54) is 5.56 Å². The summed E-state index contributed by atoms with van der Waals surface area (Å²) in [6.07, 6.45) is 2.37. The topological polar surface area (TPSA) is 94.1 Å². The zero-order valence-corrected chi connectivity index (χ0v) is 17.4. The molecule has 2 aromatic heterocycles. The molecule has 1 aromatic carbocycles. The van der Waals surface area contributed by atoms with Gasteiger partial charge < -0.3 is 23.2 Å². The summed E-state index contributed by atoms with van der Waals surface area (Å²) in [5.74, 6) is 3.33. The molecular weight excluding hydrogens is 400 g/mol. The van der Waals surface area contributed by atoms with Crippen LogP contribution in [0.4, 0.5) is 0 Å². The number of hydrogen-bond acceptors (Lipinski definition) is 8. The second kappa shape index (κ2) is 8.43. The third-order valence-electron chi connectivity index (χ3n) is 5.68. The number of hydrogen-bond donors (Lipinski definition) is 0. The van der Waals surface area contributed by atoms with E-state index in [1.54, 1.807) is 12.3 Å². The fourth-order valence-corrected chi connectivity index (χ4v) is 3.90. The Hall–Kier alpha value is -3.33. The smallest absolute Gasteiger partial charge is 0.251 e. The molecule has 2 aliphatic rings. The lowest BCUT2D eigenvalue weighted by molar-refractivity contribution is -0.133. The van der Waals surface area contributed by atoms with Gasteiger partial charge in [0.1, 0.15) is 5.76 Å². The molecule has 1 saturated heterocycles. The lowest BCUT2D eigenvalue weighted by Crippen LogP contribution is -2.48. The van der Waals surface area contributed by atoms with E-state index < -0.39 is 0 Å². The summed E-state index contributed by atoms with van der Waals surface area (Å²) in [6.45, 7) is 6.06. The summed E-state index contributed by atoms with van der Waals surface area (Å²) in [5, 5.41) is 8.11. The summed E-state index contributed by atoms with van der Waals surface area (Å²) in [6, 6.07) is 7.84. The first kappa shape index (κ1) is 19.6. The zero-order valence-electron chi connectivity index (χ0n) is 17.4. The molecule has 1 amide bonds. The van der Waals surface area contributed by atoms with Gasteiger partial charge in [0, 0.05) is 45.6 Å². The monoisotopic (exact) mass is 424 g/mol. The molecule has 0 saturated carbocycles. The number of fused-ring (bicyclic) bond motifs is 1. The van der Waals surface area contributed by atoms with Crippen LogP contribution in [0, 0.1) is 6.92 Å². The normalized spacial score (nSPS) is 16.1. The van der Waals surface area contributed by atoms with Crippen LogP contribution in [0.25, 0.3) is 11.5 Å². The number of carbonyl (C=O) groups excluding carboxylic acids is 1. The van der Waals surface area contributed by atoms with Crippen molar-refractivity contribution in [2.24, 2.45) is 0 Å². The second-order valence-electron chi connectivity index (χ2n) is 7.74. The molecule has 9 heteroatoms. The Morgan fingerprint density at radius 1 is 1.06 bits per heavy atom. The average Bonchev–Trinajstić information content (AvgIpc) is 3.53. The van der Waals surface area contributed by atoms with Gasteiger partial charge in [0.25, 0.3) is 5.89 Å². The van der Waals surface area contributed by atoms with E-state index in [9.17, 15) is 4.79 Å². The van der Waals surface area contributed by atoms with E-state index in [-0.39, 0.29) is 12.7 Å². The molecule has 0 atom stereocenters. The molecule has 0 aliphatic carbocycles. The van der Waals surface area contributed by atoms with Gasteiger partial charge in [-0.05, 0) is 30.7 Å². The fourth-order valence-electron chi connectivity index (χ4n) is 3.90. The van der Waals surface area contributed by atoms with Crippen molar-refractivity contribution < 1.29 is 23.1 Å². The number of aryl methyl sites for hydroxylation is 2. The molecular formula is C22H24N4O5. The van der Waals surface area contributed by atoms with Crippen LogP contribution in [-0.4, -0.2) is 58.9 Å². The van der Waals surface area contributed by atoms with Crippen molar-refractivity contribution in [3.8, 4) is 23.0 Å². The molecule has 31 heavy (non-hydrogen) atoms. The van der Waals surface area contributed by atoms with Gasteiger partial charge in [0.15, 0.2) is 11.5 Å². The van der Waals surface area contributed by atoms with Crippen LogP contribution >= 0.6 is 0 Å². The number of amides is 1. The molecule has 0 unspecified atom stereocenters. The van der Waals surface area contributed by atoms with Crippen LogP contribution < -0.4 is 9.47 Å². The van der Waals surface area contributed by atoms with Crippen LogP contribution in [0.1, 0.15) is 23.6 Å². The highest BCUT2D eigenvalue weighted by atomic mass is 16.7. The molecule has 9 nitrogen and oxygen atoms in total. The maximum Gasteiger partial charge on any atom is 0.251 e. The minimum absolute atomic E-state index is 0.113. The van der Waals surface area contributed by atoms with E-state index in [1.807, 2.05) is 24.0 Å². The Kier molecular flexibility index (Phi) is 5.33. The molecule has 0 bridgehead atoms. The molecule has 1 fully saturated rings. The van der Waals surface area contributed by atoms with Crippen molar-refractivity contribution in [1.29, 1.82) is 0 Å². The molecule has 5 rings (SSSR count). The summed E-state index contributed by atoms with van der Waals surface area (Å²) in [4.78, 5) is 16.9. The quantitative estimate of drug-likeness (QED) is 0.596. The van der Waals surface area contributed by atoms with Crippen LogP contribution in [-0.2, 0) is 17.8 Å². The van der Waals surface area contributed by atoms with Crippen molar-refractivity contribution >= 4 is 5.91 Å². The number of carbonyl (C=O) groups is 1. The lowest BCUT2D eigenvalue weighted by Gasteiger charge is -2.34. The van der Waals surface area contributed by atoms with Crippen LogP contribution in [0.15, 0.2) is 39.4 Å². The number of ether oxygens (including phenoxy) is 2. The summed E-state index contributed by atoms with van der Waals surface area (Å²) < 4.78 is 21.8. The number of furan rings is 1. The van der Waals surface area contributed by atoms with Gasteiger partial charge >= 0.3 is 0 Å². The lowest BCUT2D eigenvalue weighted by atomic mass is 10.1. The third kappa shape index (κ3) is 4.27. The number of benzene rings is 1. The fraction of sp³-hybridized carbons (Fsp3) is 0.409. The van der Waals surface area contributed by atoms with Crippen molar-refractivity contribution in [3.63, 3.8) is 0 Å². The largest absolute Gasteiger partial charge is 0.469 e. The molecule has 0 spiro atoms. The number of aromatic nitrogens is 2. The van der Waals surface area contributed by atoms with Crippen LogP contribution in [0.2, 0.25) is 0 Å². The average molecular weight is 424 g/mol. The zero-order chi connectivity index (χ0) is 21.2. The second-order valence-corrected chi connectivity index (χ2v) is 7.74. The Balaban J connectivity index is 1.09. The standard InChI is InChI=1S/C22H24N4O5/c1-15-17(6-11-28-15)22-24-23-20(31-22)4-5-21(27)26-9-7-25(8-10-26)13-16-2-3-18-19(12-16)30-14-29-18/h2-3,6,11-12H,4-5,7-10,13-14H2,1H3. The molecule has 3 aromatic rings. The van der Waals surface area contributed by atoms with Crippen molar-refractivity contribution in [2.45, 2.75) is 26.3 Å². The molecule has 0 N–H and O–H groups in total. The minimum Gasteiger partial charge on any atom is -0.469 e. The predicted octanol–water partition coefficient (Wildman–Crippen LogP) is 2.64. The summed E-state index contributed by atoms with van der Waals surface area (Å²) >= 11 is 0. The van der Waals surface area contributed by atoms with Crippen molar-refractivity contribution in [2.75, 3.05) is 33.0 Å². The minimum atomic E-state index is 0.113. The van der Waals surface area contributed by atoms with Crippen LogP contribution in [0.3, 0.4) is 0 Å². The number of rotatable bonds is 6. The van der Waals surface area contributed by atoms with Gasteiger partial charge in [0.05, 0.1) is 11.8 Å². The van der Waals surface area contributed by atoms with Crippen molar-refractivity contribution in [1.82, 2.24) is 20.0 Å². The summed E-state index contributed by atoms with van der Waals surface area (Å²) in [5.41, 5.74) is 1.97. The number of piperazine rings is 1. The molecule has 162 valence electrons. The predicted molar refractivity (Wildman–Crippen MR) is 109 cm³/mol. The maximum absolute atomic E-state index is 12.6. The Bertz CT molecular complexity index is 1070. The first-order chi connectivity index (χ1) is 15.2. The highest BCUT2D eigenvalue weighted by Gasteiger charge is 2.23. The van der Waals surface area contributed by atoms with Gasteiger partial charge in [-0.1, -0.05) is 6.07 Å². The van der Waals surface area contributed by atoms with Gasteiger partial charge in [-0.2, -0.15) is 0 Å². The molecule has 2 aliphatic heterocycles. The van der Waals surface area contributed by atoms with Crippen LogP contribution in [0.5, 0.6) is 11.5 Å². The van der Waals surface area contributed by atoms with Gasteiger partial charge in [0.2, 0.25) is 18.6 Å². The summed E-state index contributed by atoms with van der Waals surface area (Å²) in [7, 11) is 0. The van der Waals surface area contributed by atoms with E-state index >= 15 is 0 Å². The molecule has 4 heterocycles. The molecule has 0 radical (unpaired) electrons. The Morgan fingerprint density at radius 2 is 1.90 bits per heavy atom. The first-order valence-corrected chi connectivity index (χ1v) is 10.4. The first-order valence-electron chi connectivity index (χ1n) is 10.4. The third-order valence-corrected chi connectivity index (χ3v) is 5.68. The Morgan fingerprint density at radius 3 is 2.71 bits per heavy atom. The van der Waals surface area contributed by atoms with E-state index in [4.69, 9.17) is 18.3 Å². The van der Waals surface area contributed by atoms with Gasteiger partial charge in [-0.25, -0.2) is 0 Å². The Labute approximate surface area is 179 Å². The number of nitrogens with zero attached hydrogens (tertiary/aromatic N) is 4. The van der Waals surface area contributed by atoms with E-state index in [2.05, 4.69) is 21.2 Å². The van der Waals surface area contributed by atoms with Gasteiger partial charge in [-0.3, -0.25) is 9.69 Å². The SMILES string of the molecule is Cc1occc1-c1nnc(CCC(=O)N2CCN(Cc3ccc4c(c3)OCO4)CC2)o1. The van der Waals surface area contributed by atoms with Crippen molar-refractivity contribution in [3.05, 3.63) is 47.7 Å². The van der Waals surface area contributed by atoms with Gasteiger partial charge in [-0.15, -0.1) is 10.2 Å². The van der Waals surface area contributed by atoms with E-state index in [0.29, 0.717) is 37.7 Å².